The standard InChI is InChI=1S/C122H158O2S2Si4/c1-85(2)127(86(3)4,87(5)6)71-63-111-115-77-99-47-39-41-49-101(99)79-117(115)113(65-73-129(91(13)14,92(15)16)93(17)18)121-83-107-75-103(51-53-105(107)81-119(111)121)97-55-59-109(60-56-97)123-67-43-35-31-27-25-29-33-37-45-69-125-126-70-46-38-34-30-26-28-32-36-44-68-124-110-61-57-98(58-62-110)104-52-54-106-82-120-112(64-72-128(88(7)8,89(9)10)90(11)12)116-78-100-48-40-42-50-102(100)80-118(116)114(122(120)84-108(106)76-104)66-74-130(94(19)20,95(21)22)96(23)24/h39-42,47-62,75-96H,25-38,43-46,67-70H2,1-24H3. The summed E-state index contributed by atoms with van der Waals surface area (Å²) in [5, 5.41) is 19.6. The van der Waals surface area contributed by atoms with E-state index < -0.39 is 32.3 Å². The maximum atomic E-state index is 6.36. The predicted molar refractivity (Wildman–Crippen MR) is 595 cm³/mol. The maximum Gasteiger partial charge on any atom is 0.146 e. The first-order chi connectivity index (χ1) is 62.4. The molecule has 0 saturated carbocycles. The first kappa shape index (κ1) is 101. The summed E-state index contributed by atoms with van der Waals surface area (Å²) in [5.41, 5.74) is 32.6. The number of hydrogen-bond acceptors (Lipinski definition) is 4. The van der Waals surface area contributed by atoms with Gasteiger partial charge in [0.25, 0.3) is 0 Å². The Kier molecular flexibility index (Phi) is 36.1. The van der Waals surface area contributed by atoms with Gasteiger partial charge in [0, 0.05) is 33.8 Å². The zero-order valence-corrected chi connectivity index (χ0v) is 90.1. The van der Waals surface area contributed by atoms with Gasteiger partial charge in [-0.25, -0.2) is 0 Å². The van der Waals surface area contributed by atoms with E-state index in [1.807, 2.05) is 0 Å². The summed E-state index contributed by atoms with van der Waals surface area (Å²) >= 11 is 0. The molecule has 0 atom stereocenters. The van der Waals surface area contributed by atoms with Crippen molar-refractivity contribution in [1.29, 1.82) is 0 Å². The number of ether oxygens (including phenoxy) is 2. The van der Waals surface area contributed by atoms with Crippen LogP contribution in [-0.2, 0) is 0 Å². The van der Waals surface area contributed by atoms with E-state index in [1.54, 1.807) is 0 Å². The monoisotopic (exact) mass is 1830 g/mol. The molecule has 0 N–H and O–H groups in total. The average Bonchev–Trinajstić information content (AvgIpc) is 0.729. The molecule has 0 aliphatic carbocycles. The Morgan fingerprint density at radius 3 is 0.623 bits per heavy atom. The molecule has 0 aliphatic rings. The second kappa shape index (κ2) is 46.4. The lowest BCUT2D eigenvalue weighted by Gasteiger charge is -2.38. The van der Waals surface area contributed by atoms with E-state index in [9.17, 15) is 0 Å². The summed E-state index contributed by atoms with van der Waals surface area (Å²) in [6.07, 6.45) is 23.5. The highest BCUT2D eigenvalue weighted by Gasteiger charge is 2.45. The highest BCUT2D eigenvalue weighted by atomic mass is 33.1. The predicted octanol–water partition coefficient (Wildman–Crippen LogP) is 38.4. The molecule has 686 valence electrons. The first-order valence-electron chi connectivity index (χ1n) is 50.9. The van der Waals surface area contributed by atoms with Gasteiger partial charge in [0.15, 0.2) is 0 Å². The van der Waals surface area contributed by atoms with Crippen LogP contribution in [0.1, 0.15) is 304 Å². The lowest BCUT2D eigenvalue weighted by atomic mass is 9.88. The fourth-order valence-electron chi connectivity index (χ4n) is 23.6. The van der Waals surface area contributed by atoms with Gasteiger partial charge in [0.05, 0.1) is 13.2 Å². The van der Waals surface area contributed by atoms with Gasteiger partial charge >= 0.3 is 0 Å². The summed E-state index contributed by atoms with van der Waals surface area (Å²) in [6, 6.07) is 68.9. The van der Waals surface area contributed by atoms with Crippen molar-refractivity contribution in [3.63, 3.8) is 0 Å². The van der Waals surface area contributed by atoms with Crippen molar-refractivity contribution in [1.82, 2.24) is 0 Å². The van der Waals surface area contributed by atoms with Gasteiger partial charge < -0.3 is 9.47 Å². The van der Waals surface area contributed by atoms with Crippen LogP contribution in [-0.4, -0.2) is 57.0 Å². The largest absolute Gasteiger partial charge is 0.494 e. The van der Waals surface area contributed by atoms with Crippen LogP contribution in [0.3, 0.4) is 0 Å². The zero-order valence-electron chi connectivity index (χ0n) is 84.4. The van der Waals surface area contributed by atoms with Crippen molar-refractivity contribution >= 4 is 140 Å². The number of fused-ring (bicyclic) bond motifs is 8. The topological polar surface area (TPSA) is 18.5 Å². The van der Waals surface area contributed by atoms with Crippen LogP contribution in [0.2, 0.25) is 66.5 Å². The second-order valence-electron chi connectivity index (χ2n) is 42.3. The molecule has 0 spiro atoms. The van der Waals surface area contributed by atoms with Gasteiger partial charge in [-0.1, -0.05) is 398 Å². The minimum absolute atomic E-state index is 0.528. The van der Waals surface area contributed by atoms with Crippen molar-refractivity contribution in [2.24, 2.45) is 0 Å². The number of rotatable bonds is 41. The van der Waals surface area contributed by atoms with E-state index in [1.165, 1.54) is 223 Å². The number of benzene rings is 12. The first-order valence-corrected chi connectivity index (χ1v) is 62.4. The third kappa shape index (κ3) is 22.9. The molecule has 0 unspecified atom stereocenters. The molecule has 12 aromatic carbocycles. The minimum atomic E-state index is -2.09. The van der Waals surface area contributed by atoms with Crippen LogP contribution in [0.4, 0.5) is 0 Å². The molecule has 0 aromatic heterocycles. The summed E-state index contributed by atoms with van der Waals surface area (Å²) < 4.78 is 12.7. The van der Waals surface area contributed by atoms with E-state index in [-0.39, 0.29) is 0 Å². The van der Waals surface area contributed by atoms with Crippen molar-refractivity contribution in [2.75, 3.05) is 24.7 Å². The smallest absolute Gasteiger partial charge is 0.146 e. The van der Waals surface area contributed by atoms with Crippen molar-refractivity contribution in [3.8, 4) is 79.6 Å². The molecule has 0 fully saturated rings. The Bertz CT molecular complexity index is 5650. The Hall–Kier alpha value is -7.87. The van der Waals surface area contributed by atoms with Crippen LogP contribution in [0.25, 0.3) is 108 Å². The molecule has 12 rings (SSSR count). The van der Waals surface area contributed by atoms with E-state index in [2.05, 4.69) is 416 Å². The van der Waals surface area contributed by atoms with E-state index >= 15 is 0 Å². The summed E-state index contributed by atoms with van der Waals surface area (Å²) in [7, 11) is -4.13. The van der Waals surface area contributed by atoms with Crippen LogP contribution in [0.15, 0.2) is 182 Å². The molecule has 0 amide bonds. The molecule has 8 heteroatoms. The molecule has 12 aromatic rings. The van der Waals surface area contributed by atoms with E-state index in [4.69, 9.17) is 9.47 Å². The zero-order chi connectivity index (χ0) is 93.2. The van der Waals surface area contributed by atoms with Gasteiger partial charge in [-0.15, -0.1) is 22.2 Å². The quantitative estimate of drug-likeness (QED) is 0.0125. The van der Waals surface area contributed by atoms with Crippen molar-refractivity contribution in [3.05, 3.63) is 204 Å². The van der Waals surface area contributed by atoms with Crippen molar-refractivity contribution in [2.45, 2.75) is 348 Å². The van der Waals surface area contributed by atoms with Gasteiger partial charge in [0.2, 0.25) is 0 Å². The van der Waals surface area contributed by atoms with E-state index in [0.717, 1.165) is 59.8 Å². The van der Waals surface area contributed by atoms with E-state index in [0.29, 0.717) is 66.5 Å². The normalized spacial score (nSPS) is 12.6. The summed E-state index contributed by atoms with van der Waals surface area (Å²) in [5.74, 6) is 20.8. The minimum Gasteiger partial charge on any atom is -0.494 e. The van der Waals surface area contributed by atoms with Crippen molar-refractivity contribution < 1.29 is 9.47 Å². The maximum absolute atomic E-state index is 6.36. The molecule has 2 nitrogen and oxygen atoms in total. The van der Waals surface area contributed by atoms with Gasteiger partial charge in [-0.3, -0.25) is 0 Å². The fraction of sp³-hybridized carbons (Fsp3) is 0.475. The molecule has 0 aliphatic heterocycles. The summed E-state index contributed by atoms with van der Waals surface area (Å²) in [4.78, 5) is 0. The molecule has 0 bridgehead atoms. The molecule has 0 heterocycles. The number of hydrogen-bond donors (Lipinski definition) is 0. The molecule has 0 radical (unpaired) electrons. The third-order valence-corrected chi connectivity index (χ3v) is 58.4. The Labute approximate surface area is 800 Å². The molecule has 0 saturated heterocycles. The summed E-state index contributed by atoms with van der Waals surface area (Å²) in [6.45, 7) is 59.8. The van der Waals surface area contributed by atoms with Gasteiger partial charge in [0.1, 0.15) is 43.8 Å². The van der Waals surface area contributed by atoms with Crippen LogP contribution in [0.5, 0.6) is 11.5 Å². The Morgan fingerprint density at radius 1 is 0.208 bits per heavy atom. The molecule has 130 heavy (non-hydrogen) atoms. The molecular weight excluding hydrogens is 1670 g/mol. The molecular formula is C122H158O2S2Si4. The highest BCUT2D eigenvalue weighted by Crippen LogP contribution is 2.49. The van der Waals surface area contributed by atoms with Crippen LogP contribution >= 0.6 is 21.6 Å². The highest BCUT2D eigenvalue weighted by molar-refractivity contribution is 8.76. The lowest BCUT2D eigenvalue weighted by Crippen LogP contribution is -2.43. The fourth-order valence-corrected chi connectivity index (χ4v) is 46.7. The average molecular weight is 1830 g/mol. The second-order valence-corrected chi connectivity index (χ2v) is 67.3. The number of unbranched alkanes of at least 4 members (excludes halogenated alkanes) is 16. The lowest BCUT2D eigenvalue weighted by molar-refractivity contribution is 0.304. The van der Waals surface area contributed by atoms with Gasteiger partial charge in [-0.05, 0) is 286 Å². The Morgan fingerprint density at radius 2 is 0.400 bits per heavy atom. The Balaban J connectivity index is 0.539. The SMILES string of the molecule is CC(C)[Si](C#Cc1c2cc3ccccc3cc2c(C#C[Si](C(C)C)(C(C)C)C(C)C)c2cc3cc(-c4ccc(OCCCCCCCCCCCSSCCCCCCCCCCCOc5ccc(-c6ccc7cc8c(C#C[Si](C(C)C)(C(C)C)C(C)C)c9cc%10ccccc%10cc9c(C#C[Si](C(C)C)(C(C)C)C(C)C)c8cc7c6)cc5)cc4)ccc3cc12)(C(C)C)C(C)C. The van der Waals surface area contributed by atoms with Gasteiger partial charge in [-0.2, -0.15) is 0 Å². The third-order valence-electron chi connectivity index (χ3n) is 30.7. The van der Waals surface area contributed by atoms with Crippen LogP contribution in [0, 0.1) is 45.9 Å². The van der Waals surface area contributed by atoms with Crippen LogP contribution < -0.4 is 9.47 Å².